The topological polar surface area (TPSA) is 20.3 Å². The third kappa shape index (κ3) is 1.62. The van der Waals surface area contributed by atoms with Gasteiger partial charge in [0, 0.05) is 19.8 Å². The maximum absolute atomic E-state index is 13.1. The van der Waals surface area contributed by atoms with E-state index in [4.69, 9.17) is 0 Å². The number of nitrogens with zero attached hydrogens (tertiary/aromatic N) is 1. The van der Waals surface area contributed by atoms with Gasteiger partial charge >= 0.3 is 0 Å². The highest BCUT2D eigenvalue weighted by Gasteiger charge is 2.45. The van der Waals surface area contributed by atoms with Crippen LogP contribution in [0.3, 0.4) is 0 Å². The van der Waals surface area contributed by atoms with Crippen LogP contribution in [0.4, 0.5) is 10.1 Å². The molecule has 2 nitrogen and oxygen atoms in total. The van der Waals surface area contributed by atoms with Gasteiger partial charge in [0.05, 0.1) is 5.41 Å². The average molecular weight is 207 g/mol. The van der Waals surface area contributed by atoms with E-state index in [1.54, 1.807) is 6.07 Å². The molecule has 15 heavy (non-hydrogen) atoms. The van der Waals surface area contributed by atoms with Crippen molar-refractivity contribution in [1.29, 1.82) is 0 Å². The minimum atomic E-state index is -0.340. The van der Waals surface area contributed by atoms with Crippen molar-refractivity contribution in [2.45, 2.75) is 18.3 Å². The first kappa shape index (κ1) is 10.1. The minimum absolute atomic E-state index is 0.260. The van der Waals surface area contributed by atoms with E-state index in [9.17, 15) is 9.18 Å². The lowest BCUT2D eigenvalue weighted by Crippen LogP contribution is -2.17. The lowest BCUT2D eigenvalue weighted by atomic mass is 9.95. The summed E-state index contributed by atoms with van der Waals surface area (Å²) in [5, 5.41) is 0. The maximum Gasteiger partial charge on any atom is 0.130 e. The van der Waals surface area contributed by atoms with Crippen molar-refractivity contribution in [2.75, 3.05) is 19.0 Å². The van der Waals surface area contributed by atoms with Crippen molar-refractivity contribution in [3.05, 3.63) is 29.6 Å². The van der Waals surface area contributed by atoms with Gasteiger partial charge in [-0.3, -0.25) is 0 Å². The molecule has 2 rings (SSSR count). The van der Waals surface area contributed by atoms with Gasteiger partial charge in [-0.05, 0) is 30.5 Å². The van der Waals surface area contributed by atoms with E-state index in [2.05, 4.69) is 0 Å². The summed E-state index contributed by atoms with van der Waals surface area (Å²) in [5.74, 6) is -0.260. The highest BCUT2D eigenvalue weighted by Crippen LogP contribution is 2.49. The molecule has 0 atom stereocenters. The predicted molar refractivity (Wildman–Crippen MR) is 57.7 cm³/mol. The lowest BCUT2D eigenvalue weighted by molar-refractivity contribution is -0.109. The van der Waals surface area contributed by atoms with Gasteiger partial charge in [0.15, 0.2) is 0 Å². The molecule has 80 valence electrons. The van der Waals surface area contributed by atoms with Gasteiger partial charge in [0.1, 0.15) is 12.1 Å². The summed E-state index contributed by atoms with van der Waals surface area (Å²) in [7, 11) is 3.72. The molecule has 0 radical (unpaired) electrons. The van der Waals surface area contributed by atoms with Gasteiger partial charge in [0.2, 0.25) is 0 Å². The van der Waals surface area contributed by atoms with Crippen LogP contribution in [0.2, 0.25) is 0 Å². The second kappa shape index (κ2) is 3.33. The molecule has 0 spiro atoms. The van der Waals surface area contributed by atoms with Crippen LogP contribution in [0.25, 0.3) is 0 Å². The van der Waals surface area contributed by atoms with Crippen LogP contribution in [-0.4, -0.2) is 20.4 Å². The monoisotopic (exact) mass is 207 g/mol. The van der Waals surface area contributed by atoms with Gasteiger partial charge in [0.25, 0.3) is 0 Å². The fourth-order valence-corrected chi connectivity index (χ4v) is 1.88. The van der Waals surface area contributed by atoms with E-state index in [1.165, 1.54) is 12.1 Å². The normalized spacial score (nSPS) is 17.3. The fraction of sp³-hybridized carbons (Fsp3) is 0.417. The first-order valence-corrected chi connectivity index (χ1v) is 5.03. The zero-order valence-electron chi connectivity index (χ0n) is 8.96. The fourth-order valence-electron chi connectivity index (χ4n) is 1.88. The zero-order valence-corrected chi connectivity index (χ0v) is 8.96. The Hall–Kier alpha value is -1.38. The summed E-state index contributed by atoms with van der Waals surface area (Å²) in [6, 6.07) is 4.64. The average Bonchev–Trinajstić information content (AvgIpc) is 2.98. The summed E-state index contributed by atoms with van der Waals surface area (Å²) >= 11 is 0. The third-order valence-electron chi connectivity index (χ3n) is 2.99. The van der Waals surface area contributed by atoms with Crippen LogP contribution >= 0.6 is 0 Å². The molecule has 0 N–H and O–H groups in total. The highest BCUT2D eigenvalue weighted by molar-refractivity contribution is 5.77. The van der Waals surface area contributed by atoms with Crippen molar-refractivity contribution in [3.63, 3.8) is 0 Å². The number of hydrogen-bond donors (Lipinski definition) is 0. The summed E-state index contributed by atoms with van der Waals surface area (Å²) < 4.78 is 13.1. The molecular formula is C12H14FNO. The largest absolute Gasteiger partial charge is 0.377 e. The Morgan fingerprint density at radius 3 is 2.53 bits per heavy atom. The van der Waals surface area contributed by atoms with Crippen molar-refractivity contribution >= 4 is 12.0 Å². The van der Waals surface area contributed by atoms with Gasteiger partial charge in [-0.2, -0.15) is 0 Å². The van der Waals surface area contributed by atoms with Crippen LogP contribution < -0.4 is 4.90 Å². The van der Waals surface area contributed by atoms with E-state index in [0.29, 0.717) is 0 Å². The first-order chi connectivity index (χ1) is 7.09. The number of hydrogen-bond acceptors (Lipinski definition) is 2. The van der Waals surface area contributed by atoms with E-state index in [-0.39, 0.29) is 11.2 Å². The van der Waals surface area contributed by atoms with Crippen LogP contribution in [0, 0.1) is 5.82 Å². The van der Waals surface area contributed by atoms with Crippen LogP contribution in [-0.2, 0) is 10.2 Å². The predicted octanol–water partition coefficient (Wildman–Crippen LogP) is 2.12. The first-order valence-electron chi connectivity index (χ1n) is 5.03. The van der Waals surface area contributed by atoms with Gasteiger partial charge in [-0.15, -0.1) is 0 Å². The quantitative estimate of drug-likeness (QED) is 0.708. The third-order valence-corrected chi connectivity index (χ3v) is 2.99. The Labute approximate surface area is 88.7 Å². The number of carbonyl (C=O) groups is 1. The second-order valence-electron chi connectivity index (χ2n) is 4.33. The van der Waals surface area contributed by atoms with Crippen LogP contribution in [0.15, 0.2) is 18.2 Å². The molecule has 0 aromatic heterocycles. The molecule has 3 heteroatoms. The molecule has 1 aliphatic carbocycles. The Bertz CT molecular complexity index is 397. The molecule has 0 unspecified atom stereocenters. The summed E-state index contributed by atoms with van der Waals surface area (Å²) in [5.41, 5.74) is 1.41. The van der Waals surface area contributed by atoms with E-state index in [1.807, 2.05) is 19.0 Å². The summed E-state index contributed by atoms with van der Waals surface area (Å²) in [4.78, 5) is 12.9. The van der Waals surface area contributed by atoms with Gasteiger partial charge < -0.3 is 9.69 Å². The Balaban J connectivity index is 2.51. The molecule has 1 fully saturated rings. The van der Waals surface area contributed by atoms with Gasteiger partial charge in [-0.1, -0.05) is 6.07 Å². The Morgan fingerprint density at radius 1 is 1.40 bits per heavy atom. The Morgan fingerprint density at radius 2 is 2.07 bits per heavy atom. The standard InChI is InChI=1S/C12H14FNO/c1-14(2)11-7-9(13)3-4-10(11)12(8-15)5-6-12/h3-4,7-8H,5-6H2,1-2H3. The number of anilines is 1. The minimum Gasteiger partial charge on any atom is -0.377 e. The van der Waals surface area contributed by atoms with Crippen LogP contribution in [0.5, 0.6) is 0 Å². The molecule has 0 bridgehead atoms. The van der Waals surface area contributed by atoms with Crippen molar-refractivity contribution in [1.82, 2.24) is 0 Å². The molecule has 1 aromatic carbocycles. The lowest BCUT2D eigenvalue weighted by Gasteiger charge is -2.20. The van der Waals surface area contributed by atoms with Crippen LogP contribution in [0.1, 0.15) is 18.4 Å². The van der Waals surface area contributed by atoms with Gasteiger partial charge in [-0.25, -0.2) is 4.39 Å². The molecular weight excluding hydrogens is 193 g/mol. The van der Waals surface area contributed by atoms with Crippen molar-refractivity contribution < 1.29 is 9.18 Å². The number of aldehydes is 1. The maximum atomic E-state index is 13.1. The molecule has 0 aliphatic heterocycles. The van der Waals surface area contributed by atoms with Crippen molar-refractivity contribution in [3.8, 4) is 0 Å². The number of benzene rings is 1. The molecule has 1 aromatic rings. The second-order valence-corrected chi connectivity index (χ2v) is 4.33. The molecule has 0 amide bonds. The molecule has 1 saturated carbocycles. The van der Waals surface area contributed by atoms with E-state index < -0.39 is 0 Å². The number of rotatable bonds is 3. The summed E-state index contributed by atoms with van der Waals surface area (Å²) in [6.45, 7) is 0. The zero-order chi connectivity index (χ0) is 11.1. The van der Waals surface area contributed by atoms with E-state index in [0.717, 1.165) is 30.4 Å². The number of halogens is 1. The molecule has 0 heterocycles. The molecule has 0 saturated heterocycles. The Kier molecular flexibility index (Phi) is 2.25. The molecule has 1 aliphatic rings. The smallest absolute Gasteiger partial charge is 0.130 e. The SMILES string of the molecule is CN(C)c1cc(F)ccc1C1(C=O)CC1. The highest BCUT2D eigenvalue weighted by atomic mass is 19.1. The number of carbonyl (C=O) groups excluding carboxylic acids is 1. The summed E-state index contributed by atoms with van der Waals surface area (Å²) in [6.07, 6.45) is 2.75. The van der Waals surface area contributed by atoms with Crippen molar-refractivity contribution in [2.24, 2.45) is 0 Å². The van der Waals surface area contributed by atoms with E-state index >= 15 is 0 Å².